The lowest BCUT2D eigenvalue weighted by Crippen LogP contribution is -2.29. The van der Waals surface area contributed by atoms with Gasteiger partial charge in [-0.25, -0.2) is 0 Å². The Morgan fingerprint density at radius 2 is 2.05 bits per heavy atom. The van der Waals surface area contributed by atoms with E-state index in [0.717, 1.165) is 29.9 Å². The number of hydrogen-bond acceptors (Lipinski definition) is 4. The fraction of sp³-hybridized carbons (Fsp3) is 0.333. The lowest BCUT2D eigenvalue weighted by molar-refractivity contribution is 0.633. The fourth-order valence-corrected chi connectivity index (χ4v) is 2.41. The summed E-state index contributed by atoms with van der Waals surface area (Å²) in [6, 6.07) is 6.72. The number of pyridine rings is 2. The van der Waals surface area contributed by atoms with Crippen LogP contribution in [0, 0.1) is 0 Å². The third-order valence-electron chi connectivity index (χ3n) is 3.47. The van der Waals surface area contributed by atoms with Gasteiger partial charge >= 0.3 is 0 Å². The van der Waals surface area contributed by atoms with E-state index in [-0.39, 0.29) is 0 Å². The van der Waals surface area contributed by atoms with E-state index in [0.29, 0.717) is 6.04 Å². The average Bonchev–Trinajstić information content (AvgIpc) is 3.00. The zero-order valence-corrected chi connectivity index (χ0v) is 10.8. The monoisotopic (exact) mass is 254 g/mol. The molecular weight excluding hydrogens is 236 g/mol. The summed E-state index contributed by atoms with van der Waals surface area (Å²) in [6.45, 7) is 2.10. The van der Waals surface area contributed by atoms with Crippen LogP contribution < -0.4 is 10.6 Å². The van der Waals surface area contributed by atoms with E-state index in [4.69, 9.17) is 0 Å². The second kappa shape index (κ2) is 5.80. The summed E-state index contributed by atoms with van der Waals surface area (Å²) in [5, 5.41) is 6.94. The van der Waals surface area contributed by atoms with Crippen molar-refractivity contribution < 1.29 is 0 Å². The Morgan fingerprint density at radius 1 is 1.16 bits per heavy atom. The van der Waals surface area contributed by atoms with Crippen LogP contribution in [0.4, 0.5) is 5.69 Å². The van der Waals surface area contributed by atoms with Crippen molar-refractivity contribution in [1.29, 1.82) is 0 Å². The molecular formula is C15H18N4. The third kappa shape index (κ3) is 3.09. The Balaban J connectivity index is 1.69. The highest BCUT2D eigenvalue weighted by atomic mass is 15.0. The molecule has 1 saturated heterocycles. The van der Waals surface area contributed by atoms with Gasteiger partial charge in [0, 0.05) is 42.9 Å². The standard InChI is InChI=1S/C15H18N4/c1-2-14(18-5-1)11-19-15-8-13(9-17-10-15)12-3-6-16-7-4-12/h3-4,6-10,14,18-19H,1-2,5,11H2. The highest BCUT2D eigenvalue weighted by Crippen LogP contribution is 2.20. The second-order valence-corrected chi connectivity index (χ2v) is 4.87. The first kappa shape index (κ1) is 12.1. The summed E-state index contributed by atoms with van der Waals surface area (Å²) in [7, 11) is 0. The molecule has 1 unspecified atom stereocenters. The van der Waals surface area contributed by atoms with Crippen LogP contribution in [-0.2, 0) is 0 Å². The van der Waals surface area contributed by atoms with Crippen LogP contribution in [0.15, 0.2) is 43.0 Å². The highest BCUT2D eigenvalue weighted by molar-refractivity contribution is 5.66. The first-order chi connectivity index (χ1) is 9.42. The first-order valence-electron chi connectivity index (χ1n) is 6.74. The highest BCUT2D eigenvalue weighted by Gasteiger charge is 2.13. The van der Waals surface area contributed by atoms with Crippen LogP contribution in [0.1, 0.15) is 12.8 Å². The van der Waals surface area contributed by atoms with Crippen molar-refractivity contribution in [1.82, 2.24) is 15.3 Å². The molecule has 98 valence electrons. The SMILES string of the molecule is c1cc(-c2cncc(NCC3CCCN3)c2)ccn1. The van der Waals surface area contributed by atoms with E-state index in [1.54, 1.807) is 12.4 Å². The van der Waals surface area contributed by atoms with E-state index in [1.807, 2.05) is 24.5 Å². The molecule has 0 saturated carbocycles. The molecule has 0 aromatic carbocycles. The Morgan fingerprint density at radius 3 is 2.84 bits per heavy atom. The molecule has 1 aliphatic rings. The predicted molar refractivity (Wildman–Crippen MR) is 77.0 cm³/mol. The van der Waals surface area contributed by atoms with Crippen molar-refractivity contribution in [3.63, 3.8) is 0 Å². The van der Waals surface area contributed by atoms with Gasteiger partial charge in [0.25, 0.3) is 0 Å². The number of nitrogens with one attached hydrogen (secondary N) is 2. The molecule has 0 bridgehead atoms. The zero-order valence-electron chi connectivity index (χ0n) is 10.8. The van der Waals surface area contributed by atoms with Gasteiger partial charge in [-0.05, 0) is 43.1 Å². The molecule has 2 N–H and O–H groups in total. The molecule has 2 aromatic rings. The maximum absolute atomic E-state index is 4.30. The molecule has 0 spiro atoms. The quantitative estimate of drug-likeness (QED) is 0.879. The number of rotatable bonds is 4. The Labute approximate surface area is 113 Å². The number of anilines is 1. The smallest absolute Gasteiger partial charge is 0.0533 e. The number of nitrogens with zero attached hydrogens (tertiary/aromatic N) is 2. The molecule has 4 nitrogen and oxygen atoms in total. The van der Waals surface area contributed by atoms with E-state index in [1.165, 1.54) is 12.8 Å². The lowest BCUT2D eigenvalue weighted by Gasteiger charge is -2.13. The molecule has 4 heteroatoms. The van der Waals surface area contributed by atoms with Crippen LogP contribution in [0.2, 0.25) is 0 Å². The van der Waals surface area contributed by atoms with E-state index >= 15 is 0 Å². The lowest BCUT2D eigenvalue weighted by atomic mass is 10.1. The number of hydrogen-bond donors (Lipinski definition) is 2. The second-order valence-electron chi connectivity index (χ2n) is 4.87. The minimum atomic E-state index is 0.588. The van der Waals surface area contributed by atoms with Gasteiger partial charge in [-0.2, -0.15) is 0 Å². The normalized spacial score (nSPS) is 18.4. The summed E-state index contributed by atoms with van der Waals surface area (Å²) in [5.74, 6) is 0. The molecule has 1 atom stereocenters. The van der Waals surface area contributed by atoms with Gasteiger partial charge in [0.05, 0.1) is 5.69 Å². The maximum atomic E-state index is 4.30. The van der Waals surface area contributed by atoms with Crippen molar-refractivity contribution in [2.75, 3.05) is 18.4 Å². The summed E-state index contributed by atoms with van der Waals surface area (Å²) in [6.07, 6.45) is 9.90. The third-order valence-corrected chi connectivity index (χ3v) is 3.47. The van der Waals surface area contributed by atoms with Gasteiger partial charge in [0.1, 0.15) is 0 Å². The van der Waals surface area contributed by atoms with Crippen molar-refractivity contribution in [2.45, 2.75) is 18.9 Å². The maximum Gasteiger partial charge on any atom is 0.0533 e. The Bertz CT molecular complexity index is 521. The summed E-state index contributed by atoms with van der Waals surface area (Å²) >= 11 is 0. The summed E-state index contributed by atoms with van der Waals surface area (Å²) in [5.41, 5.74) is 3.33. The minimum absolute atomic E-state index is 0.588. The molecule has 19 heavy (non-hydrogen) atoms. The van der Waals surface area contributed by atoms with Crippen LogP contribution in [0.5, 0.6) is 0 Å². The molecule has 3 heterocycles. The molecule has 3 rings (SSSR count). The fourth-order valence-electron chi connectivity index (χ4n) is 2.41. The average molecular weight is 254 g/mol. The Kier molecular flexibility index (Phi) is 3.70. The van der Waals surface area contributed by atoms with E-state index < -0.39 is 0 Å². The van der Waals surface area contributed by atoms with Crippen molar-refractivity contribution >= 4 is 5.69 Å². The van der Waals surface area contributed by atoms with Crippen LogP contribution in [0.25, 0.3) is 11.1 Å². The van der Waals surface area contributed by atoms with Crippen LogP contribution in [0.3, 0.4) is 0 Å². The zero-order chi connectivity index (χ0) is 12.9. The first-order valence-corrected chi connectivity index (χ1v) is 6.74. The van der Waals surface area contributed by atoms with Crippen LogP contribution in [-0.4, -0.2) is 29.1 Å². The van der Waals surface area contributed by atoms with E-state index in [2.05, 4.69) is 26.7 Å². The summed E-state index contributed by atoms with van der Waals surface area (Å²) in [4.78, 5) is 8.34. The van der Waals surface area contributed by atoms with Gasteiger partial charge < -0.3 is 10.6 Å². The van der Waals surface area contributed by atoms with Crippen molar-refractivity contribution in [2.24, 2.45) is 0 Å². The molecule has 0 aliphatic carbocycles. The Hall–Kier alpha value is -1.94. The molecule has 0 radical (unpaired) electrons. The van der Waals surface area contributed by atoms with Gasteiger partial charge in [-0.1, -0.05) is 0 Å². The van der Waals surface area contributed by atoms with Gasteiger partial charge in [-0.15, -0.1) is 0 Å². The molecule has 2 aromatic heterocycles. The van der Waals surface area contributed by atoms with E-state index in [9.17, 15) is 0 Å². The van der Waals surface area contributed by atoms with Crippen molar-refractivity contribution in [3.8, 4) is 11.1 Å². The molecule has 1 aliphatic heterocycles. The topological polar surface area (TPSA) is 49.8 Å². The van der Waals surface area contributed by atoms with Crippen LogP contribution >= 0.6 is 0 Å². The predicted octanol–water partition coefficient (Wildman–Crippen LogP) is 2.31. The minimum Gasteiger partial charge on any atom is -0.382 e. The van der Waals surface area contributed by atoms with Gasteiger partial charge in [-0.3, -0.25) is 9.97 Å². The number of aromatic nitrogens is 2. The summed E-state index contributed by atoms with van der Waals surface area (Å²) < 4.78 is 0. The molecule has 1 fully saturated rings. The largest absolute Gasteiger partial charge is 0.382 e. The molecule has 0 amide bonds. The van der Waals surface area contributed by atoms with Gasteiger partial charge in [0.2, 0.25) is 0 Å². The van der Waals surface area contributed by atoms with Gasteiger partial charge in [0.15, 0.2) is 0 Å². The van der Waals surface area contributed by atoms with Crippen molar-refractivity contribution in [3.05, 3.63) is 43.0 Å².